The molecular formula is C21H24N2O3. The van der Waals surface area contributed by atoms with Crippen molar-refractivity contribution in [3.63, 3.8) is 0 Å². The summed E-state index contributed by atoms with van der Waals surface area (Å²) < 4.78 is 13.0. The second-order valence-electron chi connectivity index (χ2n) is 6.41. The van der Waals surface area contributed by atoms with Crippen LogP contribution in [0.15, 0.2) is 64.3 Å². The van der Waals surface area contributed by atoms with Crippen LogP contribution in [0, 0.1) is 13.8 Å². The van der Waals surface area contributed by atoms with E-state index in [1.807, 2.05) is 55.2 Å². The minimum Gasteiger partial charge on any atom is -0.468 e. The van der Waals surface area contributed by atoms with Crippen LogP contribution in [0.25, 0.3) is 0 Å². The molecule has 3 heterocycles. The zero-order valence-corrected chi connectivity index (χ0v) is 15.3. The molecule has 0 radical (unpaired) electrons. The van der Waals surface area contributed by atoms with Gasteiger partial charge in [-0.05, 0) is 44.2 Å². The summed E-state index contributed by atoms with van der Waals surface area (Å²) in [5.41, 5.74) is 2.80. The molecule has 5 heteroatoms. The molecule has 0 aliphatic carbocycles. The lowest BCUT2D eigenvalue weighted by atomic mass is 10.1. The second kappa shape index (κ2) is 8.06. The molecule has 0 aliphatic heterocycles. The molecular weight excluding hydrogens is 328 g/mol. The van der Waals surface area contributed by atoms with E-state index in [-0.39, 0.29) is 5.78 Å². The smallest absolute Gasteiger partial charge is 0.178 e. The number of rotatable bonds is 9. The van der Waals surface area contributed by atoms with E-state index >= 15 is 0 Å². The molecule has 26 heavy (non-hydrogen) atoms. The summed E-state index contributed by atoms with van der Waals surface area (Å²) in [6.07, 6.45) is 5.13. The minimum atomic E-state index is 0.0894. The summed E-state index contributed by atoms with van der Waals surface area (Å²) in [4.78, 5) is 15.0. The maximum absolute atomic E-state index is 13.0. The van der Waals surface area contributed by atoms with Gasteiger partial charge in [0.25, 0.3) is 0 Å². The summed E-state index contributed by atoms with van der Waals surface area (Å²) in [5.74, 6) is 1.73. The molecule has 0 aromatic carbocycles. The third-order valence-electron chi connectivity index (χ3n) is 4.47. The Kier molecular flexibility index (Phi) is 5.58. The van der Waals surface area contributed by atoms with Gasteiger partial charge in [-0.1, -0.05) is 6.08 Å². The topological polar surface area (TPSA) is 51.5 Å². The lowest BCUT2D eigenvalue weighted by molar-refractivity contribution is 0.0907. The van der Waals surface area contributed by atoms with Crippen molar-refractivity contribution in [2.24, 2.45) is 0 Å². The Morgan fingerprint density at radius 1 is 1.15 bits per heavy atom. The molecule has 0 saturated carbocycles. The van der Waals surface area contributed by atoms with Crippen LogP contribution >= 0.6 is 0 Å². The molecule has 0 amide bonds. The summed E-state index contributed by atoms with van der Waals surface area (Å²) in [5, 5.41) is 0. The van der Waals surface area contributed by atoms with E-state index in [1.165, 1.54) is 0 Å². The van der Waals surface area contributed by atoms with Crippen molar-refractivity contribution in [3.8, 4) is 0 Å². The summed E-state index contributed by atoms with van der Waals surface area (Å²) in [6.45, 7) is 9.87. The van der Waals surface area contributed by atoms with Gasteiger partial charge in [0.15, 0.2) is 5.78 Å². The molecule has 3 aromatic heterocycles. The Morgan fingerprint density at radius 3 is 2.27 bits per heavy atom. The first-order valence-electron chi connectivity index (χ1n) is 8.66. The van der Waals surface area contributed by atoms with E-state index in [0.29, 0.717) is 26.2 Å². The van der Waals surface area contributed by atoms with Gasteiger partial charge in [0.05, 0.1) is 32.2 Å². The lowest BCUT2D eigenvalue weighted by Gasteiger charge is -2.19. The number of aryl methyl sites for hydroxylation is 1. The van der Waals surface area contributed by atoms with Crippen LogP contribution in [0.1, 0.15) is 33.3 Å². The molecule has 136 valence electrons. The van der Waals surface area contributed by atoms with Crippen molar-refractivity contribution in [3.05, 3.63) is 84.0 Å². The monoisotopic (exact) mass is 352 g/mol. The largest absolute Gasteiger partial charge is 0.468 e. The molecule has 3 rings (SSSR count). The maximum Gasteiger partial charge on any atom is 0.178 e. The molecule has 0 unspecified atom stereocenters. The number of ketones is 1. The number of hydrogen-bond acceptors (Lipinski definition) is 4. The first-order valence-corrected chi connectivity index (χ1v) is 8.66. The highest BCUT2D eigenvalue weighted by molar-refractivity contribution is 5.99. The number of nitrogens with zero attached hydrogens (tertiary/aromatic N) is 2. The van der Waals surface area contributed by atoms with E-state index in [4.69, 9.17) is 8.83 Å². The van der Waals surface area contributed by atoms with Crippen molar-refractivity contribution in [1.82, 2.24) is 9.47 Å². The van der Waals surface area contributed by atoms with Crippen molar-refractivity contribution >= 4 is 5.78 Å². The van der Waals surface area contributed by atoms with Crippen LogP contribution < -0.4 is 0 Å². The summed E-state index contributed by atoms with van der Waals surface area (Å²) in [6, 6.07) is 9.49. The Morgan fingerprint density at radius 2 is 1.77 bits per heavy atom. The molecule has 3 aromatic rings. The maximum atomic E-state index is 13.0. The van der Waals surface area contributed by atoms with Gasteiger partial charge in [-0.2, -0.15) is 0 Å². The number of carbonyl (C=O) groups excluding carboxylic acids is 1. The van der Waals surface area contributed by atoms with Gasteiger partial charge in [0, 0.05) is 23.5 Å². The first-order chi connectivity index (χ1) is 12.6. The highest BCUT2D eigenvalue weighted by atomic mass is 16.3. The number of furan rings is 2. The van der Waals surface area contributed by atoms with Crippen LogP contribution in [-0.4, -0.2) is 21.8 Å². The molecule has 0 saturated heterocycles. The predicted molar refractivity (Wildman–Crippen MR) is 100.0 cm³/mol. The quantitative estimate of drug-likeness (QED) is 0.424. The SMILES string of the molecule is C=CCn1c(C)cc(C(=O)CN(Cc2ccco2)Cc2ccco2)c1C. The van der Waals surface area contributed by atoms with Crippen LogP contribution in [0.2, 0.25) is 0 Å². The minimum absolute atomic E-state index is 0.0894. The number of hydrogen-bond donors (Lipinski definition) is 0. The van der Waals surface area contributed by atoms with E-state index in [9.17, 15) is 4.79 Å². The standard InChI is InChI=1S/C21H24N2O3/c1-4-9-23-16(2)12-20(17(23)3)21(24)15-22(13-18-7-5-10-25-18)14-19-8-6-11-26-19/h4-8,10-12H,1,9,13-15H2,2-3H3. The number of aromatic nitrogens is 1. The van der Waals surface area contributed by atoms with Gasteiger partial charge in [-0.25, -0.2) is 0 Å². The number of allylic oxidation sites excluding steroid dienone is 1. The first kappa shape index (κ1) is 18.0. The molecule has 0 aliphatic rings. The van der Waals surface area contributed by atoms with Crippen molar-refractivity contribution < 1.29 is 13.6 Å². The Hall–Kier alpha value is -2.79. The van der Waals surface area contributed by atoms with Gasteiger partial charge in [-0.3, -0.25) is 9.69 Å². The predicted octanol–water partition coefficient (Wildman–Crippen LogP) is 4.36. The Bertz CT molecular complexity index is 821. The van der Waals surface area contributed by atoms with E-state index in [2.05, 4.69) is 11.1 Å². The van der Waals surface area contributed by atoms with Crippen LogP contribution in [0.4, 0.5) is 0 Å². The zero-order valence-electron chi connectivity index (χ0n) is 15.3. The highest BCUT2D eigenvalue weighted by Gasteiger charge is 2.20. The van der Waals surface area contributed by atoms with E-state index in [1.54, 1.807) is 12.5 Å². The van der Waals surface area contributed by atoms with Gasteiger partial charge in [0.2, 0.25) is 0 Å². The summed E-state index contributed by atoms with van der Waals surface area (Å²) >= 11 is 0. The van der Waals surface area contributed by atoms with E-state index < -0.39 is 0 Å². The fourth-order valence-corrected chi connectivity index (χ4v) is 3.20. The molecule has 0 spiro atoms. The van der Waals surface area contributed by atoms with Crippen molar-refractivity contribution in [2.75, 3.05) is 6.54 Å². The summed E-state index contributed by atoms with van der Waals surface area (Å²) in [7, 11) is 0. The lowest BCUT2D eigenvalue weighted by Crippen LogP contribution is -2.29. The molecule has 0 bridgehead atoms. The number of carbonyl (C=O) groups is 1. The van der Waals surface area contributed by atoms with Crippen LogP contribution in [0.5, 0.6) is 0 Å². The average Bonchev–Trinajstić information content (AvgIpc) is 3.34. The molecule has 0 atom stereocenters. The Labute approximate surface area is 153 Å². The fourth-order valence-electron chi connectivity index (χ4n) is 3.20. The zero-order chi connectivity index (χ0) is 18.5. The van der Waals surface area contributed by atoms with Gasteiger partial charge < -0.3 is 13.4 Å². The van der Waals surface area contributed by atoms with Gasteiger partial charge in [0.1, 0.15) is 11.5 Å². The molecule has 0 N–H and O–H groups in total. The van der Waals surface area contributed by atoms with Gasteiger partial charge in [-0.15, -0.1) is 6.58 Å². The third-order valence-corrected chi connectivity index (χ3v) is 4.47. The fraction of sp³-hybridized carbons (Fsp3) is 0.286. The van der Waals surface area contributed by atoms with Crippen LogP contribution in [-0.2, 0) is 19.6 Å². The molecule has 0 fully saturated rings. The molecule has 5 nitrogen and oxygen atoms in total. The number of Topliss-reactive ketones (excluding diaryl/α,β-unsaturated/α-hetero) is 1. The van der Waals surface area contributed by atoms with Crippen molar-refractivity contribution in [2.45, 2.75) is 33.5 Å². The third kappa shape index (κ3) is 4.06. The van der Waals surface area contributed by atoms with Crippen LogP contribution in [0.3, 0.4) is 0 Å². The average molecular weight is 352 g/mol. The second-order valence-corrected chi connectivity index (χ2v) is 6.41. The highest BCUT2D eigenvalue weighted by Crippen LogP contribution is 2.18. The van der Waals surface area contributed by atoms with Crippen molar-refractivity contribution in [1.29, 1.82) is 0 Å². The van der Waals surface area contributed by atoms with E-state index in [0.717, 1.165) is 28.5 Å². The normalized spacial score (nSPS) is 11.2. The Balaban J connectivity index is 1.78. The van der Waals surface area contributed by atoms with Gasteiger partial charge >= 0.3 is 0 Å².